The van der Waals surface area contributed by atoms with Gasteiger partial charge in [0.25, 0.3) is 5.91 Å². The molecule has 0 bridgehead atoms. The van der Waals surface area contributed by atoms with E-state index in [4.69, 9.17) is 9.05 Å². The van der Waals surface area contributed by atoms with E-state index in [0.29, 0.717) is 24.5 Å². The lowest BCUT2D eigenvalue weighted by Crippen LogP contribution is -2.89. The molecule has 1 amide bonds. The van der Waals surface area contributed by atoms with Crippen molar-refractivity contribution in [1.82, 2.24) is 4.90 Å². The molecule has 0 saturated carbocycles. The Morgan fingerprint density at radius 2 is 1.61 bits per heavy atom. The molecule has 0 aliphatic carbocycles. The van der Waals surface area contributed by atoms with Gasteiger partial charge >= 0.3 is 7.60 Å². The first-order chi connectivity index (χ1) is 13.7. The molecule has 7 heteroatoms. The molecule has 2 atom stereocenters. The average Bonchev–Trinajstić information content (AvgIpc) is 3.39. The Labute approximate surface area is 164 Å². The number of para-hydroxylation sites is 2. The number of nitrogens with zero attached hydrogens (tertiary/aromatic N) is 1. The van der Waals surface area contributed by atoms with Gasteiger partial charge in [0.2, 0.25) is 0 Å². The minimum atomic E-state index is -3.63. The van der Waals surface area contributed by atoms with E-state index in [9.17, 15) is 9.36 Å². The monoisotopic (exact) mass is 399 g/mol. The summed E-state index contributed by atoms with van der Waals surface area (Å²) in [7, 11) is -3.63. The molecular weight excluding hydrogens is 375 g/mol. The maximum absolute atomic E-state index is 14.1. The summed E-state index contributed by atoms with van der Waals surface area (Å²) in [6.07, 6.45) is 3.35. The van der Waals surface area contributed by atoms with E-state index in [1.807, 2.05) is 48.5 Å². The van der Waals surface area contributed by atoms with Gasteiger partial charge in [-0.1, -0.05) is 36.4 Å². The van der Waals surface area contributed by atoms with Gasteiger partial charge in [0.05, 0.1) is 6.54 Å². The van der Waals surface area contributed by atoms with E-state index >= 15 is 0 Å². The smallest absolute Gasteiger partial charge is 0.414 e. The summed E-state index contributed by atoms with van der Waals surface area (Å²) in [5.41, 5.74) is 1.71. The summed E-state index contributed by atoms with van der Waals surface area (Å²) in [5.74, 6) is 0.603. The van der Waals surface area contributed by atoms with Crippen LogP contribution in [0.5, 0.6) is 11.5 Å². The quantitative estimate of drug-likeness (QED) is 0.788. The van der Waals surface area contributed by atoms with E-state index in [-0.39, 0.29) is 11.9 Å². The summed E-state index contributed by atoms with van der Waals surface area (Å²) >= 11 is 0. The summed E-state index contributed by atoms with van der Waals surface area (Å²) in [6, 6.07) is 15.0. The topological polar surface area (TPSA) is 72.5 Å². The number of benzene rings is 2. The van der Waals surface area contributed by atoms with Crippen molar-refractivity contribution in [3.05, 3.63) is 48.5 Å². The molecule has 3 heterocycles. The van der Waals surface area contributed by atoms with Gasteiger partial charge in [-0.3, -0.25) is 4.79 Å². The maximum Gasteiger partial charge on any atom is 0.453 e. The molecule has 6 nitrogen and oxygen atoms in total. The number of hydrogen-bond donors (Lipinski definition) is 1. The van der Waals surface area contributed by atoms with Crippen LogP contribution in [0.1, 0.15) is 25.7 Å². The van der Waals surface area contributed by atoms with Crippen LogP contribution in [-0.4, -0.2) is 35.7 Å². The van der Waals surface area contributed by atoms with E-state index in [1.54, 1.807) is 4.90 Å². The number of amides is 1. The van der Waals surface area contributed by atoms with Crippen molar-refractivity contribution in [3.63, 3.8) is 0 Å². The standard InChI is InChI=1S/C21H23N2O4P/c24-21(17-9-5-13-22-17)23-14-6-12-20(23)28(25)26-18-10-3-1-7-15(18)16-8-2-4-11-19(16)27-28/h1-4,7-8,10-11,17,20,22H,5-6,9,12-14H2/p+1/t17-,20?/m0/s1. The highest BCUT2D eigenvalue weighted by Crippen LogP contribution is 2.61. The number of carbonyl (C=O) groups excluding carboxylic acids is 1. The van der Waals surface area contributed by atoms with E-state index in [0.717, 1.165) is 36.9 Å². The number of likely N-dealkylation sites (tertiary alicyclic amines) is 1. The third-order valence-electron chi connectivity index (χ3n) is 5.87. The Morgan fingerprint density at radius 3 is 2.21 bits per heavy atom. The highest BCUT2D eigenvalue weighted by Gasteiger charge is 2.50. The second kappa shape index (κ2) is 6.94. The summed E-state index contributed by atoms with van der Waals surface area (Å²) in [4.78, 5) is 14.8. The van der Waals surface area contributed by atoms with E-state index in [2.05, 4.69) is 5.32 Å². The minimum Gasteiger partial charge on any atom is -0.414 e. The van der Waals surface area contributed by atoms with Crippen molar-refractivity contribution in [2.75, 3.05) is 13.1 Å². The lowest BCUT2D eigenvalue weighted by Gasteiger charge is -2.30. The number of nitrogens with two attached hydrogens (primary N) is 1. The van der Waals surface area contributed by atoms with Gasteiger partial charge in [0.15, 0.2) is 11.8 Å². The number of quaternary nitrogens is 1. The number of carbonyl (C=O) groups is 1. The van der Waals surface area contributed by atoms with Crippen molar-refractivity contribution in [2.45, 2.75) is 37.5 Å². The highest BCUT2D eigenvalue weighted by atomic mass is 31.2. The minimum absolute atomic E-state index is 0.0632. The SMILES string of the molecule is O=C([C@@H]1CCC[NH2+]1)N1CCCC1P1(=O)Oc2ccccc2-c2ccccc2O1. The molecule has 0 radical (unpaired) electrons. The van der Waals surface area contributed by atoms with Crippen LogP contribution in [0.4, 0.5) is 0 Å². The predicted molar refractivity (Wildman–Crippen MR) is 105 cm³/mol. The van der Waals surface area contributed by atoms with Crippen LogP contribution in [-0.2, 0) is 9.36 Å². The van der Waals surface area contributed by atoms with Crippen LogP contribution in [0.25, 0.3) is 11.1 Å². The third-order valence-corrected chi connectivity index (χ3v) is 8.04. The molecule has 3 aliphatic rings. The predicted octanol–water partition coefficient (Wildman–Crippen LogP) is 2.99. The van der Waals surface area contributed by atoms with Crippen LogP contribution in [0.15, 0.2) is 48.5 Å². The zero-order valence-electron chi connectivity index (χ0n) is 15.6. The van der Waals surface area contributed by atoms with Gasteiger partial charge in [-0.25, -0.2) is 4.57 Å². The Bertz CT molecular complexity index is 905. The molecule has 2 aromatic carbocycles. The Kier molecular flexibility index (Phi) is 4.41. The highest BCUT2D eigenvalue weighted by molar-refractivity contribution is 7.55. The molecule has 3 aliphatic heterocycles. The van der Waals surface area contributed by atoms with Gasteiger partial charge in [0.1, 0.15) is 11.5 Å². The molecule has 146 valence electrons. The molecule has 0 spiro atoms. The fourth-order valence-electron chi connectivity index (χ4n) is 4.50. The third kappa shape index (κ3) is 2.92. The van der Waals surface area contributed by atoms with E-state index < -0.39 is 13.4 Å². The van der Waals surface area contributed by atoms with Crippen LogP contribution >= 0.6 is 7.60 Å². The zero-order chi connectivity index (χ0) is 19.1. The molecule has 1 unspecified atom stereocenters. The fourth-order valence-corrected chi connectivity index (χ4v) is 6.72. The molecule has 28 heavy (non-hydrogen) atoms. The molecule has 2 fully saturated rings. The van der Waals surface area contributed by atoms with Crippen LogP contribution in [0, 0.1) is 0 Å². The molecule has 2 saturated heterocycles. The van der Waals surface area contributed by atoms with E-state index in [1.165, 1.54) is 0 Å². The van der Waals surface area contributed by atoms with Crippen molar-refractivity contribution in [1.29, 1.82) is 0 Å². The molecule has 2 aromatic rings. The molecular formula is C21H24N2O4P+. The normalized spacial score (nSPS) is 25.2. The fraction of sp³-hybridized carbons (Fsp3) is 0.381. The molecule has 0 aromatic heterocycles. The van der Waals surface area contributed by atoms with Gasteiger partial charge in [0, 0.05) is 30.5 Å². The molecule has 5 rings (SSSR count). The van der Waals surface area contributed by atoms with Crippen molar-refractivity contribution < 1.29 is 23.7 Å². The summed E-state index contributed by atoms with van der Waals surface area (Å²) in [5, 5.41) is 2.09. The number of hydrogen-bond acceptors (Lipinski definition) is 4. The van der Waals surface area contributed by atoms with Gasteiger partial charge in [-0.15, -0.1) is 0 Å². The summed E-state index contributed by atoms with van der Waals surface area (Å²) < 4.78 is 26.2. The Morgan fingerprint density at radius 1 is 0.964 bits per heavy atom. The van der Waals surface area contributed by atoms with Crippen molar-refractivity contribution in [3.8, 4) is 22.6 Å². The van der Waals surface area contributed by atoms with Crippen molar-refractivity contribution in [2.24, 2.45) is 0 Å². The summed E-state index contributed by atoms with van der Waals surface area (Å²) in [6.45, 7) is 1.58. The maximum atomic E-state index is 14.1. The van der Waals surface area contributed by atoms with Crippen LogP contribution < -0.4 is 14.4 Å². The second-order valence-corrected chi connectivity index (χ2v) is 9.68. The Balaban J connectivity index is 1.54. The largest absolute Gasteiger partial charge is 0.453 e. The lowest BCUT2D eigenvalue weighted by molar-refractivity contribution is -0.658. The first kappa shape index (κ1) is 17.8. The first-order valence-corrected chi connectivity index (χ1v) is 11.6. The van der Waals surface area contributed by atoms with Crippen molar-refractivity contribution >= 4 is 13.5 Å². The average molecular weight is 399 g/mol. The number of rotatable bonds is 2. The Hall–Kier alpha value is -2.30. The lowest BCUT2D eigenvalue weighted by atomic mass is 10.0. The van der Waals surface area contributed by atoms with Gasteiger partial charge in [-0.05, 0) is 25.0 Å². The zero-order valence-corrected chi connectivity index (χ0v) is 16.5. The first-order valence-electron chi connectivity index (χ1n) is 9.97. The second-order valence-electron chi connectivity index (χ2n) is 7.64. The molecule has 2 N–H and O–H groups in total. The van der Waals surface area contributed by atoms with Gasteiger partial charge < -0.3 is 19.3 Å². The van der Waals surface area contributed by atoms with Crippen LogP contribution in [0.3, 0.4) is 0 Å². The van der Waals surface area contributed by atoms with Crippen LogP contribution in [0.2, 0.25) is 0 Å². The number of fused-ring (bicyclic) bond motifs is 3. The van der Waals surface area contributed by atoms with Gasteiger partial charge in [-0.2, -0.15) is 0 Å².